The third-order valence-corrected chi connectivity index (χ3v) is 7.04. The molecule has 2 aliphatic heterocycles. The van der Waals surface area contributed by atoms with Crippen molar-refractivity contribution in [3.63, 3.8) is 0 Å². The SMILES string of the molecule is COc1ccc(CN2C[C@@H]3C[C@H](C2)c2ccc(-c4ccccc4CN(C)C)c(=O)n2C3)cc1. The second kappa shape index (κ2) is 9.16. The van der Waals surface area contributed by atoms with E-state index in [2.05, 4.69) is 70.9 Å². The highest BCUT2D eigenvalue weighted by Crippen LogP contribution is 2.36. The molecule has 0 amide bonds. The van der Waals surface area contributed by atoms with E-state index in [0.717, 1.165) is 49.6 Å². The normalized spacial score (nSPS) is 20.0. The number of likely N-dealkylation sites (tertiary alicyclic amines) is 1. The molecule has 2 aliphatic rings. The van der Waals surface area contributed by atoms with Gasteiger partial charge in [0.2, 0.25) is 0 Å². The zero-order chi connectivity index (χ0) is 22.9. The number of hydrogen-bond acceptors (Lipinski definition) is 4. The van der Waals surface area contributed by atoms with Gasteiger partial charge >= 0.3 is 0 Å². The summed E-state index contributed by atoms with van der Waals surface area (Å²) in [6.45, 7) is 4.61. The number of ether oxygens (including phenoxy) is 1. The number of pyridine rings is 1. The summed E-state index contributed by atoms with van der Waals surface area (Å²) < 4.78 is 7.36. The van der Waals surface area contributed by atoms with E-state index in [9.17, 15) is 4.79 Å². The lowest BCUT2D eigenvalue weighted by Gasteiger charge is -2.43. The van der Waals surface area contributed by atoms with Crippen molar-refractivity contribution >= 4 is 0 Å². The van der Waals surface area contributed by atoms with Crippen LogP contribution in [-0.4, -0.2) is 48.7 Å². The summed E-state index contributed by atoms with van der Waals surface area (Å²) in [5, 5.41) is 0. The molecule has 2 atom stereocenters. The van der Waals surface area contributed by atoms with Gasteiger partial charge in [0.15, 0.2) is 0 Å². The molecule has 33 heavy (non-hydrogen) atoms. The molecule has 3 aromatic rings. The first-order valence-electron chi connectivity index (χ1n) is 11.8. The van der Waals surface area contributed by atoms with Crippen LogP contribution in [-0.2, 0) is 19.6 Å². The monoisotopic (exact) mass is 443 g/mol. The maximum absolute atomic E-state index is 13.6. The fourth-order valence-corrected chi connectivity index (χ4v) is 5.63. The molecule has 1 fully saturated rings. The Morgan fingerprint density at radius 2 is 1.73 bits per heavy atom. The van der Waals surface area contributed by atoms with Gasteiger partial charge in [0.1, 0.15) is 5.75 Å². The van der Waals surface area contributed by atoms with E-state index >= 15 is 0 Å². The molecule has 0 spiro atoms. The van der Waals surface area contributed by atoms with Crippen LogP contribution in [0.2, 0.25) is 0 Å². The number of fused-ring (bicyclic) bond motifs is 4. The first-order chi connectivity index (χ1) is 16.0. The van der Waals surface area contributed by atoms with E-state index in [1.54, 1.807) is 7.11 Å². The Hall–Kier alpha value is -2.89. The molecule has 5 nitrogen and oxygen atoms in total. The smallest absolute Gasteiger partial charge is 0.258 e. The molecule has 2 aromatic carbocycles. The van der Waals surface area contributed by atoms with Gasteiger partial charge in [0.25, 0.3) is 5.56 Å². The summed E-state index contributed by atoms with van der Waals surface area (Å²) in [6.07, 6.45) is 1.18. The van der Waals surface area contributed by atoms with Crippen molar-refractivity contribution in [2.45, 2.75) is 32.0 Å². The van der Waals surface area contributed by atoms with Crippen LogP contribution >= 0.6 is 0 Å². The lowest BCUT2D eigenvalue weighted by Crippen LogP contribution is -2.46. The Labute approximate surface area is 196 Å². The van der Waals surface area contributed by atoms with Crippen LogP contribution in [0.4, 0.5) is 0 Å². The molecular formula is C28H33N3O2. The molecule has 1 saturated heterocycles. The van der Waals surface area contributed by atoms with Crippen molar-refractivity contribution in [2.75, 3.05) is 34.3 Å². The fourth-order valence-electron chi connectivity index (χ4n) is 5.63. The summed E-state index contributed by atoms with van der Waals surface area (Å²) in [5.74, 6) is 1.82. The number of rotatable bonds is 6. The molecule has 5 rings (SSSR count). The summed E-state index contributed by atoms with van der Waals surface area (Å²) in [4.78, 5) is 18.3. The van der Waals surface area contributed by atoms with Crippen LogP contribution < -0.4 is 10.3 Å². The van der Waals surface area contributed by atoms with Crippen LogP contribution in [0.25, 0.3) is 11.1 Å². The van der Waals surface area contributed by atoms with Crippen molar-refractivity contribution in [1.82, 2.24) is 14.4 Å². The van der Waals surface area contributed by atoms with E-state index in [1.807, 2.05) is 18.2 Å². The average Bonchev–Trinajstić information content (AvgIpc) is 2.80. The minimum atomic E-state index is 0.164. The summed E-state index contributed by atoms with van der Waals surface area (Å²) in [5.41, 5.74) is 5.75. The molecule has 0 aliphatic carbocycles. The fraction of sp³-hybridized carbons (Fsp3) is 0.393. The lowest BCUT2D eigenvalue weighted by atomic mass is 9.82. The van der Waals surface area contributed by atoms with E-state index in [0.29, 0.717) is 11.8 Å². The van der Waals surface area contributed by atoms with Gasteiger partial charge in [-0.05, 0) is 67.4 Å². The summed E-state index contributed by atoms with van der Waals surface area (Å²) >= 11 is 0. The van der Waals surface area contributed by atoms with E-state index in [1.165, 1.54) is 23.2 Å². The average molecular weight is 444 g/mol. The molecule has 1 aromatic heterocycles. The van der Waals surface area contributed by atoms with Gasteiger partial charge in [-0.15, -0.1) is 0 Å². The van der Waals surface area contributed by atoms with Gasteiger partial charge in [0, 0.05) is 49.9 Å². The molecule has 0 saturated carbocycles. The predicted molar refractivity (Wildman–Crippen MR) is 133 cm³/mol. The zero-order valence-corrected chi connectivity index (χ0v) is 19.8. The topological polar surface area (TPSA) is 37.7 Å². The van der Waals surface area contributed by atoms with Crippen LogP contribution in [0, 0.1) is 5.92 Å². The van der Waals surface area contributed by atoms with Crippen LogP contribution in [0.3, 0.4) is 0 Å². The van der Waals surface area contributed by atoms with Gasteiger partial charge in [-0.2, -0.15) is 0 Å². The Morgan fingerprint density at radius 3 is 2.48 bits per heavy atom. The number of piperidine rings is 1. The Bertz CT molecular complexity index is 1180. The van der Waals surface area contributed by atoms with Crippen LogP contribution in [0.5, 0.6) is 5.75 Å². The maximum Gasteiger partial charge on any atom is 0.258 e. The third kappa shape index (κ3) is 4.48. The molecule has 0 radical (unpaired) electrons. The third-order valence-electron chi connectivity index (χ3n) is 7.04. The first-order valence-corrected chi connectivity index (χ1v) is 11.8. The van der Waals surface area contributed by atoms with E-state index in [4.69, 9.17) is 4.74 Å². The molecular weight excluding hydrogens is 410 g/mol. The second-order valence-corrected chi connectivity index (χ2v) is 9.82. The van der Waals surface area contributed by atoms with Crippen LogP contribution in [0.15, 0.2) is 65.5 Å². The molecule has 172 valence electrons. The summed E-state index contributed by atoms with van der Waals surface area (Å²) in [7, 11) is 5.83. The minimum absolute atomic E-state index is 0.164. The zero-order valence-electron chi connectivity index (χ0n) is 19.8. The minimum Gasteiger partial charge on any atom is -0.497 e. The van der Waals surface area contributed by atoms with Crippen molar-refractivity contribution in [3.05, 3.63) is 87.8 Å². The Morgan fingerprint density at radius 1 is 0.939 bits per heavy atom. The number of nitrogens with zero attached hydrogens (tertiary/aromatic N) is 3. The van der Waals surface area contributed by atoms with Crippen LogP contribution in [0.1, 0.15) is 29.2 Å². The number of hydrogen-bond donors (Lipinski definition) is 0. The lowest BCUT2D eigenvalue weighted by molar-refractivity contribution is 0.114. The van der Waals surface area contributed by atoms with Crippen molar-refractivity contribution in [1.29, 1.82) is 0 Å². The molecule has 3 heterocycles. The van der Waals surface area contributed by atoms with Gasteiger partial charge < -0.3 is 14.2 Å². The second-order valence-electron chi connectivity index (χ2n) is 9.82. The van der Waals surface area contributed by atoms with Gasteiger partial charge in [-0.3, -0.25) is 9.69 Å². The predicted octanol–water partition coefficient (Wildman–Crippen LogP) is 4.20. The number of aromatic nitrogens is 1. The van der Waals surface area contributed by atoms with Crippen molar-refractivity contribution in [2.24, 2.45) is 5.92 Å². The van der Waals surface area contributed by atoms with E-state index < -0.39 is 0 Å². The molecule has 2 bridgehead atoms. The largest absolute Gasteiger partial charge is 0.497 e. The number of methoxy groups -OCH3 is 1. The Balaban J connectivity index is 1.40. The molecule has 5 heteroatoms. The Kier molecular flexibility index (Phi) is 6.09. The standard InChI is InChI=1S/C28H33N3O2/c1-29(2)18-22-6-4-5-7-25(22)26-12-13-27-23-14-21(17-31(27)28(26)32)16-30(19-23)15-20-8-10-24(33-3)11-9-20/h4-13,21,23H,14-19H2,1-3H3/t21-,23+/m0/s1. The highest BCUT2D eigenvalue weighted by Gasteiger charge is 2.35. The highest BCUT2D eigenvalue weighted by atomic mass is 16.5. The van der Waals surface area contributed by atoms with Gasteiger partial charge in [0.05, 0.1) is 7.11 Å². The molecule has 0 N–H and O–H groups in total. The highest BCUT2D eigenvalue weighted by molar-refractivity contribution is 5.66. The molecule has 0 unspecified atom stereocenters. The quantitative estimate of drug-likeness (QED) is 0.572. The van der Waals surface area contributed by atoms with Crippen molar-refractivity contribution < 1.29 is 4.74 Å². The van der Waals surface area contributed by atoms with Gasteiger partial charge in [-0.1, -0.05) is 36.4 Å². The van der Waals surface area contributed by atoms with E-state index in [-0.39, 0.29) is 5.56 Å². The first kappa shape index (κ1) is 21.9. The number of benzene rings is 2. The summed E-state index contributed by atoms with van der Waals surface area (Å²) in [6, 6.07) is 20.9. The van der Waals surface area contributed by atoms with Gasteiger partial charge in [-0.25, -0.2) is 0 Å². The van der Waals surface area contributed by atoms with Crippen molar-refractivity contribution in [3.8, 4) is 16.9 Å². The maximum atomic E-state index is 13.6.